The van der Waals surface area contributed by atoms with Crippen LogP contribution in [0.4, 0.5) is 0 Å². The van der Waals surface area contributed by atoms with E-state index in [4.69, 9.17) is 5.11 Å². The molecule has 3 fully saturated rings. The van der Waals surface area contributed by atoms with Gasteiger partial charge in [-0.1, -0.05) is 61.5 Å². The van der Waals surface area contributed by atoms with E-state index in [-0.39, 0.29) is 0 Å². The first kappa shape index (κ1) is 21.8. The summed E-state index contributed by atoms with van der Waals surface area (Å²) in [6.45, 7) is 5.49. The lowest BCUT2D eigenvalue weighted by Crippen LogP contribution is -2.65. The number of likely N-dealkylation sites (tertiary alicyclic amines) is 1. The zero-order valence-corrected chi connectivity index (χ0v) is 18.5. The number of carboxylic acids is 1. The topological polar surface area (TPSA) is 52.6 Å². The molecule has 2 N–H and O–H groups in total. The van der Waals surface area contributed by atoms with Crippen molar-refractivity contribution in [3.8, 4) is 0 Å². The van der Waals surface area contributed by atoms with Crippen molar-refractivity contribution in [3.05, 3.63) is 77.4 Å². The molecular weight excluding hydrogens is 384 g/mol. The van der Waals surface area contributed by atoms with Gasteiger partial charge in [-0.05, 0) is 60.8 Å². The second kappa shape index (κ2) is 9.80. The molecule has 4 heteroatoms. The molecule has 164 valence electrons. The number of hydrogen-bond acceptors (Lipinski definition) is 3. The molecule has 0 unspecified atom stereocenters. The standard InChI is InChI=1S/C17H22N2O2.C10H12/c20-16(21)13-3-1-12(2-4-13)9-19-10-17(11-19)7-15(8-17)18-14-5-6-14;1-2-3-7-10-8-5-4-6-9-10/h1-4,14-15,18H,5-11H2,(H,20,21);3-9H,2H2,1H3/b;7-3-. The molecule has 0 amide bonds. The molecule has 31 heavy (non-hydrogen) atoms. The summed E-state index contributed by atoms with van der Waals surface area (Å²) in [6.07, 6.45) is 10.9. The Balaban J connectivity index is 0.000000196. The van der Waals surface area contributed by atoms with Crippen molar-refractivity contribution in [1.82, 2.24) is 10.2 Å². The number of aromatic carboxylic acids is 1. The molecule has 1 aliphatic heterocycles. The molecule has 1 spiro atoms. The summed E-state index contributed by atoms with van der Waals surface area (Å²) >= 11 is 0. The van der Waals surface area contributed by atoms with Gasteiger partial charge in [0.1, 0.15) is 0 Å². The first-order valence-electron chi connectivity index (χ1n) is 11.6. The van der Waals surface area contributed by atoms with Crippen LogP contribution in [0.2, 0.25) is 0 Å². The van der Waals surface area contributed by atoms with Crippen LogP contribution in [0.25, 0.3) is 6.08 Å². The van der Waals surface area contributed by atoms with E-state index in [9.17, 15) is 4.79 Å². The van der Waals surface area contributed by atoms with Crippen molar-refractivity contribution >= 4 is 12.0 Å². The quantitative estimate of drug-likeness (QED) is 0.648. The Morgan fingerprint density at radius 3 is 2.32 bits per heavy atom. The zero-order valence-electron chi connectivity index (χ0n) is 18.5. The van der Waals surface area contributed by atoms with E-state index in [2.05, 4.69) is 53.6 Å². The van der Waals surface area contributed by atoms with Crippen LogP contribution in [0.3, 0.4) is 0 Å². The number of nitrogens with one attached hydrogen (secondary N) is 1. The highest BCUT2D eigenvalue weighted by molar-refractivity contribution is 5.87. The van der Waals surface area contributed by atoms with Gasteiger partial charge in [-0.15, -0.1) is 0 Å². The fourth-order valence-corrected chi connectivity index (χ4v) is 4.79. The van der Waals surface area contributed by atoms with Crippen LogP contribution in [0.5, 0.6) is 0 Å². The summed E-state index contributed by atoms with van der Waals surface area (Å²) in [6, 6.07) is 19.2. The first-order chi connectivity index (χ1) is 15.0. The fourth-order valence-electron chi connectivity index (χ4n) is 4.79. The number of nitrogens with zero attached hydrogens (tertiary/aromatic N) is 1. The van der Waals surface area contributed by atoms with E-state index in [1.165, 1.54) is 49.9 Å². The van der Waals surface area contributed by atoms with Gasteiger partial charge in [-0.2, -0.15) is 0 Å². The minimum absolute atomic E-state index is 0.367. The van der Waals surface area contributed by atoms with E-state index in [1.807, 2.05) is 18.2 Å². The Bertz CT molecular complexity index is 873. The van der Waals surface area contributed by atoms with Crippen molar-refractivity contribution in [2.45, 2.75) is 57.7 Å². The average Bonchev–Trinajstić information content (AvgIpc) is 3.55. The molecule has 0 atom stereocenters. The van der Waals surface area contributed by atoms with Gasteiger partial charge in [0.15, 0.2) is 0 Å². The summed E-state index contributed by atoms with van der Waals surface area (Å²) in [4.78, 5) is 13.3. The maximum absolute atomic E-state index is 10.8. The highest BCUT2D eigenvalue weighted by Gasteiger charge is 2.52. The maximum atomic E-state index is 10.8. The SMILES string of the molecule is CC/C=C\c1ccccc1.O=C(O)c1ccc(CN2CC3(CC(NC4CC4)C3)C2)cc1. The van der Waals surface area contributed by atoms with Crippen molar-refractivity contribution in [2.75, 3.05) is 13.1 Å². The lowest BCUT2D eigenvalue weighted by molar-refractivity contribution is -0.0832. The molecule has 0 aromatic heterocycles. The number of rotatable bonds is 7. The van der Waals surface area contributed by atoms with Gasteiger partial charge in [-0.3, -0.25) is 4.90 Å². The second-order valence-corrected chi connectivity index (χ2v) is 9.41. The van der Waals surface area contributed by atoms with Gasteiger partial charge in [0.05, 0.1) is 5.56 Å². The van der Waals surface area contributed by atoms with Gasteiger partial charge >= 0.3 is 5.97 Å². The first-order valence-corrected chi connectivity index (χ1v) is 11.6. The third-order valence-electron chi connectivity index (χ3n) is 6.48. The summed E-state index contributed by atoms with van der Waals surface area (Å²) in [5.74, 6) is -0.854. The molecule has 1 heterocycles. The van der Waals surface area contributed by atoms with Gasteiger partial charge in [0, 0.05) is 31.7 Å². The molecule has 4 nitrogen and oxygen atoms in total. The Morgan fingerprint density at radius 1 is 1.06 bits per heavy atom. The highest BCUT2D eigenvalue weighted by Crippen LogP contribution is 2.49. The summed E-state index contributed by atoms with van der Waals surface area (Å²) < 4.78 is 0. The number of allylic oxidation sites excluding steroid dienone is 1. The van der Waals surface area contributed by atoms with Crippen LogP contribution in [0, 0.1) is 5.41 Å². The monoisotopic (exact) mass is 418 g/mol. The fraction of sp³-hybridized carbons (Fsp3) is 0.444. The van der Waals surface area contributed by atoms with Crippen molar-refractivity contribution < 1.29 is 9.90 Å². The summed E-state index contributed by atoms with van der Waals surface area (Å²) in [5.41, 5.74) is 3.45. The molecule has 2 aliphatic carbocycles. The highest BCUT2D eigenvalue weighted by atomic mass is 16.4. The predicted octanol–water partition coefficient (Wildman–Crippen LogP) is 5.21. The van der Waals surface area contributed by atoms with E-state index in [0.717, 1.165) is 25.0 Å². The second-order valence-electron chi connectivity index (χ2n) is 9.41. The van der Waals surface area contributed by atoms with Crippen molar-refractivity contribution in [3.63, 3.8) is 0 Å². The summed E-state index contributed by atoms with van der Waals surface area (Å²) in [5, 5.41) is 12.6. The van der Waals surface area contributed by atoms with Crippen molar-refractivity contribution in [2.24, 2.45) is 5.41 Å². The largest absolute Gasteiger partial charge is 0.478 e. The molecular formula is C27H34N2O2. The number of hydrogen-bond donors (Lipinski definition) is 2. The lowest BCUT2D eigenvalue weighted by Gasteiger charge is -2.59. The molecule has 2 aromatic rings. The van der Waals surface area contributed by atoms with Crippen molar-refractivity contribution in [1.29, 1.82) is 0 Å². The molecule has 1 saturated heterocycles. The third kappa shape index (κ3) is 6.05. The Kier molecular flexibility index (Phi) is 6.89. The average molecular weight is 419 g/mol. The molecule has 0 bridgehead atoms. The predicted molar refractivity (Wildman–Crippen MR) is 126 cm³/mol. The Hall–Kier alpha value is -2.43. The van der Waals surface area contributed by atoms with Gasteiger partial charge < -0.3 is 10.4 Å². The number of carbonyl (C=O) groups is 1. The number of benzene rings is 2. The van der Waals surface area contributed by atoms with Crippen LogP contribution < -0.4 is 5.32 Å². The van der Waals surface area contributed by atoms with E-state index in [0.29, 0.717) is 11.0 Å². The van der Waals surface area contributed by atoms with Gasteiger partial charge in [0.2, 0.25) is 0 Å². The van der Waals surface area contributed by atoms with E-state index >= 15 is 0 Å². The smallest absolute Gasteiger partial charge is 0.335 e. The third-order valence-corrected chi connectivity index (χ3v) is 6.48. The summed E-state index contributed by atoms with van der Waals surface area (Å²) in [7, 11) is 0. The molecule has 0 radical (unpaired) electrons. The minimum Gasteiger partial charge on any atom is -0.478 e. The Labute approximate surface area is 186 Å². The van der Waals surface area contributed by atoms with Crippen LogP contribution in [-0.2, 0) is 6.54 Å². The molecule has 5 rings (SSSR count). The normalized spacial score (nSPS) is 20.0. The van der Waals surface area contributed by atoms with Gasteiger partial charge in [-0.25, -0.2) is 4.79 Å². The van der Waals surface area contributed by atoms with Crippen LogP contribution in [-0.4, -0.2) is 41.1 Å². The number of carboxylic acid groups (broad SMARTS) is 1. The van der Waals surface area contributed by atoms with E-state index < -0.39 is 5.97 Å². The van der Waals surface area contributed by atoms with Crippen LogP contribution in [0.15, 0.2) is 60.7 Å². The van der Waals surface area contributed by atoms with Gasteiger partial charge in [0.25, 0.3) is 0 Å². The lowest BCUT2D eigenvalue weighted by atomic mass is 9.60. The molecule has 3 aliphatic rings. The Morgan fingerprint density at radius 2 is 1.74 bits per heavy atom. The van der Waals surface area contributed by atoms with E-state index in [1.54, 1.807) is 12.1 Å². The van der Waals surface area contributed by atoms with Crippen LogP contribution >= 0.6 is 0 Å². The maximum Gasteiger partial charge on any atom is 0.335 e. The minimum atomic E-state index is -0.854. The van der Waals surface area contributed by atoms with Crippen LogP contribution in [0.1, 0.15) is 60.5 Å². The molecule has 2 saturated carbocycles. The zero-order chi connectivity index (χ0) is 21.7. The molecule has 2 aromatic carbocycles.